The van der Waals surface area contributed by atoms with Gasteiger partial charge in [0.15, 0.2) is 6.10 Å². The van der Waals surface area contributed by atoms with Crippen molar-refractivity contribution in [2.45, 2.75) is 64.0 Å². The fourth-order valence-corrected chi connectivity index (χ4v) is 6.76. The van der Waals surface area contributed by atoms with E-state index in [0.29, 0.717) is 0 Å². The molecule has 1 fully saturated rings. The molecule has 2 amide bonds. The highest BCUT2D eigenvalue weighted by molar-refractivity contribution is 8.00. The van der Waals surface area contributed by atoms with Crippen LogP contribution in [0.2, 0.25) is 0 Å². The number of aliphatic carboxylic acids is 1. The highest BCUT2D eigenvalue weighted by atomic mass is 32.2. The van der Waals surface area contributed by atoms with E-state index in [4.69, 9.17) is 9.57 Å². The predicted octanol–water partition coefficient (Wildman–Crippen LogP) is 6.49. The average molecular weight is 619 g/mol. The van der Waals surface area contributed by atoms with E-state index in [9.17, 15) is 19.5 Å². The number of carboxylic acid groups (broad SMARTS) is 1. The maximum absolute atomic E-state index is 13.5. The number of hydrogen-bond acceptors (Lipinski definition) is 6. The molecule has 3 aromatic carbocycles. The zero-order valence-electron chi connectivity index (χ0n) is 25.9. The van der Waals surface area contributed by atoms with Gasteiger partial charge < -0.3 is 15.2 Å². The molecule has 3 atom stereocenters. The molecule has 2 N–H and O–H groups in total. The van der Waals surface area contributed by atoms with Crippen LogP contribution >= 0.6 is 11.8 Å². The smallest absolute Gasteiger partial charge is 0.434 e. The Labute approximate surface area is 264 Å². The van der Waals surface area contributed by atoms with Gasteiger partial charge in [0.05, 0.1) is 17.4 Å². The molecule has 1 saturated heterocycles. The molecule has 1 aliphatic heterocycles. The number of ether oxygens (including phenoxy) is 1. The molecular formula is C35H42N2O6S. The first kappa shape index (κ1) is 33.1. The summed E-state index contributed by atoms with van der Waals surface area (Å²) >= 11 is 1.45. The molecule has 0 aromatic heterocycles. The van der Waals surface area contributed by atoms with Gasteiger partial charge in [-0.15, -0.1) is 11.8 Å². The number of carbonyl (C=O) groups excluding carboxylic acids is 2. The normalized spacial score (nSPS) is 17.7. The summed E-state index contributed by atoms with van der Waals surface area (Å²) in [4.78, 5) is 44.7. The average Bonchev–Trinajstić information content (AvgIpc) is 3.47. The third-order valence-corrected chi connectivity index (χ3v) is 9.13. The molecule has 0 aliphatic carbocycles. The fraction of sp³-hybridized carbons (Fsp3) is 0.400. The Bertz CT molecular complexity index is 1300. The Morgan fingerprint density at radius 2 is 1.39 bits per heavy atom. The largest absolute Gasteiger partial charge is 0.480 e. The molecule has 9 heteroatoms. The number of nitrogens with one attached hydrogen (secondary N) is 1. The topological polar surface area (TPSA) is 105 Å². The van der Waals surface area contributed by atoms with Gasteiger partial charge in [0.25, 0.3) is 5.91 Å². The summed E-state index contributed by atoms with van der Waals surface area (Å²) in [6.07, 6.45) is -1.45. The third kappa shape index (κ3) is 7.81. The third-order valence-electron chi connectivity index (χ3n) is 7.49. The minimum Gasteiger partial charge on any atom is -0.480 e. The number of hydrogen-bond donors (Lipinski definition) is 2. The zero-order chi connectivity index (χ0) is 31.9. The van der Waals surface area contributed by atoms with Crippen molar-refractivity contribution in [3.05, 3.63) is 108 Å². The second-order valence-electron chi connectivity index (χ2n) is 12.6. The van der Waals surface area contributed by atoms with Crippen molar-refractivity contribution < 1.29 is 29.1 Å². The maximum atomic E-state index is 13.5. The predicted molar refractivity (Wildman–Crippen MR) is 172 cm³/mol. The first-order valence-electron chi connectivity index (χ1n) is 14.9. The monoisotopic (exact) mass is 618 g/mol. The lowest BCUT2D eigenvalue weighted by Gasteiger charge is -2.36. The molecule has 1 heterocycles. The minimum atomic E-state index is -1.22. The Hall–Kier alpha value is -3.82. The van der Waals surface area contributed by atoms with Crippen molar-refractivity contribution in [3.63, 3.8) is 0 Å². The Morgan fingerprint density at radius 3 is 1.80 bits per heavy atom. The van der Waals surface area contributed by atoms with Gasteiger partial charge in [-0.3, -0.25) is 9.63 Å². The van der Waals surface area contributed by atoms with E-state index in [0.717, 1.165) is 21.8 Å². The van der Waals surface area contributed by atoms with Crippen LogP contribution in [0.3, 0.4) is 0 Å². The van der Waals surface area contributed by atoms with Gasteiger partial charge in [-0.05, 0) is 28.0 Å². The van der Waals surface area contributed by atoms with E-state index in [-0.39, 0.29) is 30.1 Å². The quantitative estimate of drug-likeness (QED) is 0.237. The second kappa shape index (κ2) is 14.3. The number of benzene rings is 3. The molecule has 0 saturated carbocycles. The number of carboxylic acids is 1. The number of hydroxylamine groups is 2. The lowest BCUT2D eigenvalue weighted by Crippen LogP contribution is -2.48. The van der Waals surface area contributed by atoms with E-state index >= 15 is 0 Å². The van der Waals surface area contributed by atoms with Gasteiger partial charge in [0, 0.05) is 12.2 Å². The molecule has 3 aromatic rings. The summed E-state index contributed by atoms with van der Waals surface area (Å²) in [7, 11) is 0. The zero-order valence-corrected chi connectivity index (χ0v) is 26.8. The number of rotatable bonds is 11. The van der Waals surface area contributed by atoms with Crippen molar-refractivity contribution in [3.8, 4) is 0 Å². The molecule has 4 rings (SSSR count). The fourth-order valence-electron chi connectivity index (χ4n) is 5.21. The molecule has 0 bridgehead atoms. The van der Waals surface area contributed by atoms with E-state index < -0.39 is 40.9 Å². The SMILES string of the molecule is CC(C)[C@H]1C[C@H](C(=O)N[C@@H](CSC(c2ccccc2)(c2ccccc2)c2ccccc2)C(=O)O)ON1C(=O)OCC(C)(C)C. The van der Waals surface area contributed by atoms with Crippen LogP contribution in [0.5, 0.6) is 0 Å². The van der Waals surface area contributed by atoms with Gasteiger partial charge in [-0.2, -0.15) is 5.06 Å². The number of nitrogens with zero attached hydrogens (tertiary/aromatic N) is 1. The molecule has 0 unspecified atom stereocenters. The van der Waals surface area contributed by atoms with Crippen LogP contribution in [-0.2, 0) is 23.9 Å². The van der Waals surface area contributed by atoms with Crippen LogP contribution in [0.4, 0.5) is 4.79 Å². The number of thioether (sulfide) groups is 1. The summed E-state index contributed by atoms with van der Waals surface area (Å²) in [6.45, 7) is 9.92. The molecule has 234 valence electrons. The molecule has 0 radical (unpaired) electrons. The highest BCUT2D eigenvalue weighted by Crippen LogP contribution is 2.48. The molecule has 44 heavy (non-hydrogen) atoms. The molecular weight excluding hydrogens is 576 g/mol. The van der Waals surface area contributed by atoms with Crippen LogP contribution < -0.4 is 5.32 Å². The summed E-state index contributed by atoms with van der Waals surface area (Å²) in [5.74, 6) is -1.69. The first-order chi connectivity index (χ1) is 20.9. The van der Waals surface area contributed by atoms with Crippen molar-refractivity contribution in [1.82, 2.24) is 10.4 Å². The van der Waals surface area contributed by atoms with Gasteiger partial charge in [0.1, 0.15) is 6.04 Å². The lowest BCUT2D eigenvalue weighted by molar-refractivity contribution is -0.165. The first-order valence-corrected chi connectivity index (χ1v) is 15.9. The number of amides is 2. The standard InChI is InChI=1S/C35H42N2O6S/c1-24(2)29-21-30(43-37(29)33(41)42-23-34(3,4)5)31(38)36-28(32(39)40)22-44-35(25-15-9-6-10-16-25,26-17-11-7-12-18-26)27-19-13-8-14-20-27/h6-20,24,28-30H,21-23H2,1-5H3,(H,36,38)(H,39,40)/t28-,29+,30+/m0/s1. The van der Waals surface area contributed by atoms with Crippen molar-refractivity contribution in [1.29, 1.82) is 0 Å². The van der Waals surface area contributed by atoms with E-state index in [1.807, 2.05) is 126 Å². The Kier molecular flexibility index (Phi) is 10.8. The van der Waals surface area contributed by atoms with Crippen LogP contribution in [-0.4, -0.2) is 58.7 Å². The van der Waals surface area contributed by atoms with E-state index in [1.165, 1.54) is 11.8 Å². The Balaban J connectivity index is 1.57. The summed E-state index contributed by atoms with van der Waals surface area (Å²) in [6, 6.07) is 28.2. The van der Waals surface area contributed by atoms with Crippen molar-refractivity contribution in [2.75, 3.05) is 12.4 Å². The van der Waals surface area contributed by atoms with Crippen LogP contribution in [0.1, 0.15) is 57.7 Å². The van der Waals surface area contributed by atoms with Crippen LogP contribution in [0.15, 0.2) is 91.0 Å². The maximum Gasteiger partial charge on any atom is 0.434 e. The van der Waals surface area contributed by atoms with Gasteiger partial charge in [0.2, 0.25) is 0 Å². The van der Waals surface area contributed by atoms with Crippen molar-refractivity contribution in [2.24, 2.45) is 11.3 Å². The van der Waals surface area contributed by atoms with E-state index in [1.54, 1.807) is 0 Å². The minimum absolute atomic E-state index is 0.0101. The van der Waals surface area contributed by atoms with E-state index in [2.05, 4.69) is 5.32 Å². The summed E-state index contributed by atoms with van der Waals surface area (Å²) < 4.78 is 4.71. The van der Waals surface area contributed by atoms with Crippen LogP contribution in [0.25, 0.3) is 0 Å². The van der Waals surface area contributed by atoms with Gasteiger partial charge in [-0.1, -0.05) is 126 Å². The molecule has 0 spiro atoms. The molecule has 1 aliphatic rings. The van der Waals surface area contributed by atoms with Crippen molar-refractivity contribution >= 4 is 29.7 Å². The highest BCUT2D eigenvalue weighted by Gasteiger charge is 2.44. The summed E-state index contributed by atoms with van der Waals surface area (Å²) in [5, 5.41) is 14.1. The van der Waals surface area contributed by atoms with Crippen LogP contribution in [0, 0.1) is 11.3 Å². The van der Waals surface area contributed by atoms with Gasteiger partial charge in [-0.25, -0.2) is 9.59 Å². The second-order valence-corrected chi connectivity index (χ2v) is 13.8. The number of carbonyl (C=O) groups is 3. The van der Waals surface area contributed by atoms with Gasteiger partial charge >= 0.3 is 12.1 Å². The Morgan fingerprint density at radius 1 is 0.909 bits per heavy atom. The lowest BCUT2D eigenvalue weighted by atomic mass is 9.84. The molecule has 8 nitrogen and oxygen atoms in total. The summed E-state index contributed by atoms with van der Waals surface area (Å²) in [5.41, 5.74) is 2.73.